The molecule has 0 bridgehead atoms. The maximum absolute atomic E-state index is 12.8. The summed E-state index contributed by atoms with van der Waals surface area (Å²) >= 11 is 3.37. The lowest BCUT2D eigenvalue weighted by atomic mass is 10.0. The van der Waals surface area contributed by atoms with E-state index in [1.54, 1.807) is 42.5 Å². The minimum atomic E-state index is -0.383. The van der Waals surface area contributed by atoms with E-state index in [4.69, 9.17) is 4.74 Å². The van der Waals surface area contributed by atoms with E-state index >= 15 is 0 Å². The molecule has 2 aromatic rings. The Labute approximate surface area is 183 Å². The Bertz CT molecular complexity index is 899. The Morgan fingerprint density at radius 2 is 1.73 bits per heavy atom. The first-order valence-corrected chi connectivity index (χ1v) is 10.7. The van der Waals surface area contributed by atoms with Crippen molar-refractivity contribution in [2.45, 2.75) is 6.42 Å². The van der Waals surface area contributed by atoms with Gasteiger partial charge in [0.2, 0.25) is 11.8 Å². The van der Waals surface area contributed by atoms with Crippen molar-refractivity contribution >= 4 is 39.2 Å². The molecule has 1 saturated heterocycles. The molecule has 0 unspecified atom stereocenters. The summed E-state index contributed by atoms with van der Waals surface area (Å²) in [6.45, 7) is 3.81. The third kappa shape index (κ3) is 6.48. The largest absolute Gasteiger partial charge is 0.370 e. The zero-order valence-corrected chi connectivity index (χ0v) is 18.2. The quantitative estimate of drug-likeness (QED) is 0.498. The highest BCUT2D eigenvalue weighted by molar-refractivity contribution is 9.10. The molecule has 2 aromatic carbocycles. The maximum atomic E-state index is 12.8. The van der Waals surface area contributed by atoms with Crippen LogP contribution in [0.5, 0.6) is 0 Å². The number of hydrogen-bond acceptors (Lipinski definition) is 4. The predicted octanol–water partition coefficient (Wildman–Crippen LogP) is 1.04. The van der Waals surface area contributed by atoms with Crippen molar-refractivity contribution in [3.05, 3.63) is 64.1 Å². The van der Waals surface area contributed by atoms with Crippen LogP contribution in [0.1, 0.15) is 22.3 Å². The molecule has 3 rings (SSSR count). The number of quaternary nitrogens is 1. The van der Waals surface area contributed by atoms with Crippen LogP contribution in [0, 0.1) is 0 Å². The highest BCUT2D eigenvalue weighted by Gasteiger charge is 2.18. The van der Waals surface area contributed by atoms with Crippen LogP contribution in [-0.4, -0.2) is 57.0 Å². The highest BCUT2D eigenvalue weighted by Crippen LogP contribution is 2.24. The van der Waals surface area contributed by atoms with Gasteiger partial charge in [0.25, 0.3) is 0 Å². The molecule has 3 N–H and O–H groups in total. The number of rotatable bonds is 8. The Morgan fingerprint density at radius 1 is 1.00 bits per heavy atom. The molecule has 1 aliphatic rings. The molecule has 1 aliphatic heterocycles. The normalized spacial score (nSPS) is 14.2. The van der Waals surface area contributed by atoms with Gasteiger partial charge in [-0.2, -0.15) is 0 Å². The van der Waals surface area contributed by atoms with Gasteiger partial charge in [-0.25, -0.2) is 0 Å². The molecule has 2 amide bonds. The monoisotopic (exact) mass is 474 g/mol. The van der Waals surface area contributed by atoms with Crippen LogP contribution in [0.15, 0.2) is 53.0 Å². The lowest BCUT2D eigenvalue weighted by Crippen LogP contribution is -3.14. The van der Waals surface area contributed by atoms with Crippen LogP contribution in [0.4, 0.5) is 5.69 Å². The van der Waals surface area contributed by atoms with Gasteiger partial charge >= 0.3 is 0 Å². The number of carbonyl (C=O) groups excluding carboxylic acids is 3. The average Bonchev–Trinajstić information content (AvgIpc) is 2.78. The third-order valence-corrected chi connectivity index (χ3v) is 5.38. The first kappa shape index (κ1) is 22.1. The number of carbonyl (C=O) groups is 3. The third-order valence-electron chi connectivity index (χ3n) is 4.89. The van der Waals surface area contributed by atoms with Crippen LogP contribution in [0.2, 0.25) is 0 Å². The summed E-state index contributed by atoms with van der Waals surface area (Å²) in [6.07, 6.45) is 0.360. The average molecular weight is 475 g/mol. The number of halogens is 1. The number of morpholine rings is 1. The van der Waals surface area contributed by atoms with E-state index in [9.17, 15) is 14.4 Å². The topological polar surface area (TPSA) is 88.9 Å². The minimum absolute atomic E-state index is 0.147. The maximum Gasteiger partial charge on any atom is 0.243 e. The summed E-state index contributed by atoms with van der Waals surface area (Å²) in [7, 11) is 0. The van der Waals surface area contributed by atoms with Gasteiger partial charge in [-0.05, 0) is 18.2 Å². The van der Waals surface area contributed by atoms with Gasteiger partial charge in [-0.1, -0.05) is 46.3 Å². The van der Waals surface area contributed by atoms with Gasteiger partial charge in [0.05, 0.1) is 38.4 Å². The molecule has 7 nitrogen and oxygen atoms in total. The van der Waals surface area contributed by atoms with Crippen molar-refractivity contribution in [3.63, 3.8) is 0 Å². The Balaban J connectivity index is 1.54. The van der Waals surface area contributed by atoms with E-state index in [0.717, 1.165) is 37.3 Å². The zero-order valence-electron chi connectivity index (χ0n) is 16.6. The molecular weight excluding hydrogens is 450 g/mol. The molecule has 0 radical (unpaired) electrons. The zero-order chi connectivity index (χ0) is 21.3. The van der Waals surface area contributed by atoms with Crippen molar-refractivity contribution in [2.24, 2.45) is 0 Å². The second kappa shape index (κ2) is 11.0. The Morgan fingerprint density at radius 3 is 2.47 bits per heavy atom. The summed E-state index contributed by atoms with van der Waals surface area (Å²) in [4.78, 5) is 38.6. The molecule has 158 valence electrons. The van der Waals surface area contributed by atoms with Crippen molar-refractivity contribution in [1.82, 2.24) is 5.32 Å². The van der Waals surface area contributed by atoms with Crippen molar-refractivity contribution in [3.8, 4) is 0 Å². The summed E-state index contributed by atoms with van der Waals surface area (Å²) in [6, 6.07) is 14.0. The first-order valence-electron chi connectivity index (χ1n) is 9.90. The second-order valence-electron chi connectivity index (χ2n) is 7.07. The first-order chi connectivity index (χ1) is 14.5. The molecule has 1 fully saturated rings. The fraction of sp³-hybridized carbons (Fsp3) is 0.318. The SMILES string of the molecule is O=C(CC[NH+]1CCOCC1)NCC(=O)Nc1ccc(Br)cc1C(=O)c1ccccc1. The van der Waals surface area contributed by atoms with Crippen molar-refractivity contribution in [1.29, 1.82) is 0 Å². The standard InChI is InChI=1S/C22H24BrN3O4/c23-17-6-7-19(18(14-17)22(29)16-4-2-1-3-5-16)25-21(28)15-24-20(27)8-9-26-10-12-30-13-11-26/h1-7,14H,8-13,15H2,(H,24,27)(H,25,28)/p+1. The number of amides is 2. The van der Waals surface area contributed by atoms with Crippen LogP contribution >= 0.6 is 15.9 Å². The molecule has 30 heavy (non-hydrogen) atoms. The highest BCUT2D eigenvalue weighted by atomic mass is 79.9. The number of anilines is 1. The van der Waals surface area contributed by atoms with Crippen LogP contribution in [0.3, 0.4) is 0 Å². The summed E-state index contributed by atoms with van der Waals surface area (Å²) in [5.74, 6) is -0.739. The Kier molecular flexibility index (Phi) is 8.12. The number of benzene rings is 2. The lowest BCUT2D eigenvalue weighted by Gasteiger charge is -2.23. The predicted molar refractivity (Wildman–Crippen MR) is 117 cm³/mol. The summed E-state index contributed by atoms with van der Waals surface area (Å²) in [5, 5.41) is 5.38. The van der Waals surface area contributed by atoms with Crippen molar-refractivity contribution < 1.29 is 24.0 Å². The molecule has 0 aliphatic carbocycles. The van der Waals surface area contributed by atoms with E-state index in [1.807, 2.05) is 6.07 Å². The van der Waals surface area contributed by atoms with E-state index < -0.39 is 0 Å². The van der Waals surface area contributed by atoms with Crippen LogP contribution < -0.4 is 15.5 Å². The molecule has 0 spiro atoms. The number of hydrogen-bond donors (Lipinski definition) is 3. The Hall–Kier alpha value is -2.55. The lowest BCUT2D eigenvalue weighted by molar-refractivity contribution is -0.907. The van der Waals surface area contributed by atoms with Crippen LogP contribution in [-0.2, 0) is 14.3 Å². The smallest absolute Gasteiger partial charge is 0.243 e. The molecule has 8 heteroatoms. The molecule has 0 saturated carbocycles. The minimum Gasteiger partial charge on any atom is -0.370 e. The summed E-state index contributed by atoms with van der Waals surface area (Å²) < 4.78 is 6.04. The van der Waals surface area contributed by atoms with Crippen LogP contribution in [0.25, 0.3) is 0 Å². The van der Waals surface area contributed by atoms with E-state index in [0.29, 0.717) is 23.2 Å². The molecule has 0 atom stereocenters. The van der Waals surface area contributed by atoms with Crippen molar-refractivity contribution in [2.75, 3.05) is 44.7 Å². The summed E-state index contributed by atoms with van der Waals surface area (Å²) in [5.41, 5.74) is 1.32. The number of ketones is 1. The fourth-order valence-electron chi connectivity index (χ4n) is 3.22. The van der Waals surface area contributed by atoms with Gasteiger partial charge in [0.1, 0.15) is 13.1 Å². The molecule has 1 heterocycles. The van der Waals surface area contributed by atoms with Gasteiger partial charge in [-0.3, -0.25) is 14.4 Å². The number of ether oxygens (including phenoxy) is 1. The van der Waals surface area contributed by atoms with E-state index in [2.05, 4.69) is 26.6 Å². The second-order valence-corrected chi connectivity index (χ2v) is 7.99. The van der Waals surface area contributed by atoms with Gasteiger partial charge in [0.15, 0.2) is 5.78 Å². The van der Waals surface area contributed by atoms with E-state index in [1.165, 1.54) is 4.90 Å². The number of nitrogens with one attached hydrogen (secondary N) is 3. The van der Waals surface area contributed by atoms with Gasteiger partial charge in [-0.15, -0.1) is 0 Å². The van der Waals surface area contributed by atoms with E-state index in [-0.39, 0.29) is 24.1 Å². The van der Waals surface area contributed by atoms with Gasteiger partial charge < -0.3 is 20.3 Å². The molecular formula is C22H25BrN3O4+. The van der Waals surface area contributed by atoms with Gasteiger partial charge in [0, 0.05) is 15.6 Å². The fourth-order valence-corrected chi connectivity index (χ4v) is 3.58. The molecule has 0 aromatic heterocycles.